The topological polar surface area (TPSA) is 60.8 Å². The summed E-state index contributed by atoms with van der Waals surface area (Å²) in [5.41, 5.74) is -0.166. The zero-order valence-electron chi connectivity index (χ0n) is 25.4. The van der Waals surface area contributed by atoms with Gasteiger partial charge in [0.15, 0.2) is 5.78 Å². The van der Waals surface area contributed by atoms with Crippen molar-refractivity contribution in [3.8, 4) is 0 Å². The molecule has 4 nitrogen and oxygen atoms in total. The zero-order chi connectivity index (χ0) is 27.8. The van der Waals surface area contributed by atoms with Gasteiger partial charge in [0.1, 0.15) is 0 Å². The van der Waals surface area contributed by atoms with Crippen LogP contribution >= 0.6 is 0 Å². The van der Waals surface area contributed by atoms with Crippen molar-refractivity contribution in [2.24, 2.45) is 39.4 Å². The van der Waals surface area contributed by atoms with Crippen LogP contribution in [0.1, 0.15) is 123 Å². The Labute approximate surface area is 243 Å². The SMILES string of the molecule is C[C@]12CC[C@H]3[C@]4(C=C[C@@]5(C=C4C(=O)C4CCCCC4)CC(O)CC[C@]35C)[C@@H]1CC[C@@]2(O)CN1CCCCCCC1. The number of hydrogen-bond acceptors (Lipinski definition) is 4. The minimum absolute atomic E-state index is 0.0718. The fourth-order valence-corrected chi connectivity index (χ4v) is 12.0. The number of likely N-dealkylation sites (tertiary alicyclic amines) is 1. The number of Topliss-reactive ketones (excluding diaryl/α,β-unsaturated/α-hetero) is 1. The second kappa shape index (κ2) is 9.78. The number of hydrogen-bond donors (Lipinski definition) is 2. The molecule has 8 aliphatic rings. The van der Waals surface area contributed by atoms with Crippen molar-refractivity contribution in [3.63, 3.8) is 0 Å². The molecule has 2 spiro atoms. The number of rotatable bonds is 4. The molecule has 1 unspecified atom stereocenters. The maximum atomic E-state index is 14.7. The van der Waals surface area contributed by atoms with Crippen LogP contribution in [-0.2, 0) is 4.79 Å². The fourth-order valence-electron chi connectivity index (χ4n) is 12.0. The van der Waals surface area contributed by atoms with Crippen LogP contribution in [0.4, 0.5) is 0 Å². The fraction of sp³-hybridized carbons (Fsp3) is 0.861. The van der Waals surface area contributed by atoms with E-state index in [0.717, 1.165) is 83.0 Å². The van der Waals surface area contributed by atoms with Gasteiger partial charge in [0.05, 0.1) is 11.7 Å². The lowest BCUT2D eigenvalue weighted by molar-refractivity contribution is -0.179. The molecule has 7 aliphatic carbocycles. The molecule has 5 fully saturated rings. The molecule has 8 atom stereocenters. The Balaban J connectivity index is 1.30. The van der Waals surface area contributed by atoms with E-state index in [1.165, 1.54) is 51.4 Å². The molecule has 2 bridgehead atoms. The van der Waals surface area contributed by atoms with Gasteiger partial charge in [-0.15, -0.1) is 0 Å². The Morgan fingerprint density at radius 3 is 2.20 bits per heavy atom. The van der Waals surface area contributed by atoms with Crippen LogP contribution in [0.3, 0.4) is 0 Å². The Kier molecular flexibility index (Phi) is 6.80. The van der Waals surface area contributed by atoms with Crippen molar-refractivity contribution in [2.75, 3.05) is 19.6 Å². The summed E-state index contributed by atoms with van der Waals surface area (Å²) in [6.07, 6.45) is 26.0. The van der Waals surface area contributed by atoms with Crippen LogP contribution in [-0.4, -0.2) is 52.2 Å². The van der Waals surface area contributed by atoms with Crippen LogP contribution in [0.25, 0.3) is 0 Å². The number of allylic oxidation sites excluding steroid dienone is 4. The number of nitrogens with zero attached hydrogens (tertiary/aromatic N) is 1. The van der Waals surface area contributed by atoms with Gasteiger partial charge >= 0.3 is 0 Å². The highest BCUT2D eigenvalue weighted by Gasteiger charge is 2.74. The zero-order valence-corrected chi connectivity index (χ0v) is 25.4. The Bertz CT molecular complexity index is 1070. The van der Waals surface area contributed by atoms with Gasteiger partial charge in [-0.2, -0.15) is 0 Å². The number of aliphatic hydroxyl groups is 2. The average molecular weight is 550 g/mol. The molecule has 0 amide bonds. The third-order valence-electron chi connectivity index (χ3n) is 14.4. The first-order valence-corrected chi connectivity index (χ1v) is 17.3. The van der Waals surface area contributed by atoms with E-state index in [-0.39, 0.29) is 33.7 Å². The second-order valence-corrected chi connectivity index (χ2v) is 16.1. The first-order valence-electron chi connectivity index (χ1n) is 17.3. The van der Waals surface area contributed by atoms with Crippen LogP contribution < -0.4 is 0 Å². The molecule has 8 rings (SSSR count). The van der Waals surface area contributed by atoms with Gasteiger partial charge in [-0.05, 0) is 101 Å². The highest BCUT2D eigenvalue weighted by Crippen LogP contribution is 2.78. The van der Waals surface area contributed by atoms with Gasteiger partial charge in [0.2, 0.25) is 0 Å². The van der Waals surface area contributed by atoms with Crippen molar-refractivity contribution in [1.29, 1.82) is 0 Å². The number of fused-ring (bicyclic) bond motifs is 1. The van der Waals surface area contributed by atoms with E-state index >= 15 is 0 Å². The van der Waals surface area contributed by atoms with Gasteiger partial charge in [-0.25, -0.2) is 0 Å². The first kappa shape index (κ1) is 27.8. The molecule has 222 valence electrons. The minimum atomic E-state index is -0.695. The van der Waals surface area contributed by atoms with Crippen molar-refractivity contribution >= 4 is 5.78 Å². The summed E-state index contributed by atoms with van der Waals surface area (Å²) in [7, 11) is 0. The van der Waals surface area contributed by atoms with Gasteiger partial charge in [-0.3, -0.25) is 4.79 Å². The van der Waals surface area contributed by atoms with E-state index in [4.69, 9.17) is 0 Å². The molecular weight excluding hydrogens is 494 g/mol. The third-order valence-corrected chi connectivity index (χ3v) is 14.4. The van der Waals surface area contributed by atoms with Crippen LogP contribution in [0, 0.1) is 39.4 Å². The number of ketones is 1. The van der Waals surface area contributed by atoms with E-state index in [9.17, 15) is 15.0 Å². The van der Waals surface area contributed by atoms with Gasteiger partial charge in [0.25, 0.3) is 0 Å². The molecule has 0 aromatic carbocycles. The maximum absolute atomic E-state index is 14.7. The molecule has 0 aromatic heterocycles. The number of carbonyl (C=O) groups excluding carboxylic acids is 1. The number of carbonyl (C=O) groups is 1. The van der Waals surface area contributed by atoms with Crippen molar-refractivity contribution < 1.29 is 15.0 Å². The van der Waals surface area contributed by atoms with E-state index in [1.807, 2.05) is 0 Å². The molecule has 0 radical (unpaired) electrons. The molecule has 1 aliphatic heterocycles. The molecule has 2 N–H and O–H groups in total. The van der Waals surface area contributed by atoms with Gasteiger partial charge < -0.3 is 15.1 Å². The van der Waals surface area contributed by atoms with Crippen molar-refractivity contribution in [2.45, 2.75) is 135 Å². The summed E-state index contributed by atoms with van der Waals surface area (Å²) in [5.74, 6) is 1.31. The Hall–Kier alpha value is -0.970. The van der Waals surface area contributed by atoms with E-state index < -0.39 is 5.60 Å². The molecular formula is C36H55NO3. The highest BCUT2D eigenvalue weighted by atomic mass is 16.3. The summed E-state index contributed by atoms with van der Waals surface area (Å²) in [4.78, 5) is 17.2. The first-order chi connectivity index (χ1) is 19.2. The van der Waals surface area contributed by atoms with Crippen LogP contribution in [0.15, 0.2) is 23.8 Å². The monoisotopic (exact) mass is 549 g/mol. The quantitative estimate of drug-likeness (QED) is 0.371. The summed E-state index contributed by atoms with van der Waals surface area (Å²) >= 11 is 0. The number of β-amino-alcohol motifs (C(OH)–C–C–N with tert-alkyl or cyclic N) is 1. The number of aliphatic hydroxyl groups excluding tert-OH is 1. The van der Waals surface area contributed by atoms with Crippen LogP contribution in [0.2, 0.25) is 0 Å². The van der Waals surface area contributed by atoms with E-state index in [2.05, 4.69) is 37.0 Å². The molecule has 1 saturated heterocycles. The summed E-state index contributed by atoms with van der Waals surface area (Å²) in [5, 5.41) is 23.6. The second-order valence-electron chi connectivity index (χ2n) is 16.1. The molecule has 4 saturated carbocycles. The van der Waals surface area contributed by atoms with E-state index in [1.54, 1.807) is 0 Å². The Morgan fingerprint density at radius 2 is 1.45 bits per heavy atom. The van der Waals surface area contributed by atoms with Gasteiger partial charge in [0, 0.05) is 34.3 Å². The van der Waals surface area contributed by atoms with Crippen LogP contribution in [0.5, 0.6) is 0 Å². The lowest BCUT2D eigenvalue weighted by atomic mass is 9.32. The standard InChI is InChI=1S/C36H55NO3/c1-32-16-13-27(38)23-34(32)19-20-36(28(24-34)31(39)26-11-7-6-8-12-26)29(32)14-17-33(2)30(36)15-18-35(33,40)25-37-21-9-4-3-5-10-22-37/h19-20,24,26-27,29-30,38,40H,3-18,21-23,25H2,1-2H3/t27?,29-,30-,32-,33+,34+,35-,36-/m1/s1. The smallest absolute Gasteiger partial charge is 0.162 e. The summed E-state index contributed by atoms with van der Waals surface area (Å²) in [6.45, 7) is 7.95. The molecule has 4 heteroatoms. The molecule has 1 heterocycles. The van der Waals surface area contributed by atoms with E-state index in [0.29, 0.717) is 17.6 Å². The summed E-state index contributed by atoms with van der Waals surface area (Å²) < 4.78 is 0. The predicted molar refractivity (Wildman–Crippen MR) is 160 cm³/mol. The molecule has 40 heavy (non-hydrogen) atoms. The normalized spacial score (nSPS) is 49.4. The maximum Gasteiger partial charge on any atom is 0.162 e. The largest absolute Gasteiger partial charge is 0.393 e. The molecule has 0 aromatic rings. The van der Waals surface area contributed by atoms with Crippen molar-refractivity contribution in [1.82, 2.24) is 4.90 Å². The third kappa shape index (κ3) is 3.76. The predicted octanol–water partition coefficient (Wildman–Crippen LogP) is 6.99. The van der Waals surface area contributed by atoms with Crippen molar-refractivity contribution in [3.05, 3.63) is 23.8 Å². The minimum Gasteiger partial charge on any atom is -0.393 e. The average Bonchev–Trinajstić information content (AvgIpc) is 3.20. The lowest BCUT2D eigenvalue weighted by Gasteiger charge is -2.71. The summed E-state index contributed by atoms with van der Waals surface area (Å²) in [6, 6.07) is 0. The van der Waals surface area contributed by atoms with Gasteiger partial charge in [-0.1, -0.05) is 70.6 Å². The Morgan fingerprint density at radius 1 is 0.825 bits per heavy atom. The highest BCUT2D eigenvalue weighted by molar-refractivity contribution is 6.00. The lowest BCUT2D eigenvalue weighted by Crippen LogP contribution is -2.67.